The molecule has 162 valence electrons. The molecule has 7 heteroatoms. The summed E-state index contributed by atoms with van der Waals surface area (Å²) in [5, 5.41) is 6.28. The third-order valence-electron chi connectivity index (χ3n) is 5.57. The molecule has 4 amide bonds. The van der Waals surface area contributed by atoms with E-state index in [1.54, 1.807) is 36.4 Å². The van der Waals surface area contributed by atoms with Gasteiger partial charge in [0.1, 0.15) is 6.54 Å². The summed E-state index contributed by atoms with van der Waals surface area (Å²) < 4.78 is 0. The molecule has 1 fully saturated rings. The van der Waals surface area contributed by atoms with Gasteiger partial charge in [-0.05, 0) is 35.7 Å². The summed E-state index contributed by atoms with van der Waals surface area (Å²) in [6.45, 7) is 1.44. The van der Waals surface area contributed by atoms with Crippen molar-refractivity contribution in [2.24, 2.45) is 0 Å². The summed E-state index contributed by atoms with van der Waals surface area (Å²) in [6, 6.07) is 24.3. The van der Waals surface area contributed by atoms with E-state index in [1.165, 1.54) is 0 Å². The van der Waals surface area contributed by atoms with Crippen LogP contribution in [0.5, 0.6) is 0 Å². The zero-order valence-electron chi connectivity index (χ0n) is 17.4. The number of nitrogens with one attached hydrogen (secondary N) is 2. The van der Waals surface area contributed by atoms with Crippen LogP contribution in [0.2, 0.25) is 5.02 Å². The van der Waals surface area contributed by atoms with E-state index in [2.05, 4.69) is 10.6 Å². The van der Waals surface area contributed by atoms with Crippen molar-refractivity contribution in [2.45, 2.75) is 18.5 Å². The van der Waals surface area contributed by atoms with Crippen molar-refractivity contribution in [1.29, 1.82) is 0 Å². The van der Waals surface area contributed by atoms with Crippen LogP contribution in [0.15, 0.2) is 84.9 Å². The number of benzene rings is 3. The minimum Gasteiger partial charge on any atom is -0.348 e. The van der Waals surface area contributed by atoms with Gasteiger partial charge in [0.25, 0.3) is 5.91 Å². The van der Waals surface area contributed by atoms with E-state index in [-0.39, 0.29) is 12.6 Å². The van der Waals surface area contributed by atoms with Gasteiger partial charge in [0.15, 0.2) is 5.54 Å². The van der Waals surface area contributed by atoms with E-state index in [4.69, 9.17) is 11.6 Å². The standard InChI is InChI=1S/C25H22ClN3O3/c1-17(18-12-14-21(26)15-13-18)27-22(30)16-29-23(31)25(28-24(29)32,19-8-4-2-5-9-19)20-10-6-3-7-11-20/h2-15,17H,16H2,1H3,(H,27,30)(H,28,32). The first-order chi connectivity index (χ1) is 15.4. The van der Waals surface area contributed by atoms with E-state index in [9.17, 15) is 14.4 Å². The number of urea groups is 1. The molecule has 6 nitrogen and oxygen atoms in total. The molecule has 0 aromatic heterocycles. The number of amides is 4. The van der Waals surface area contributed by atoms with Crippen molar-refractivity contribution in [3.05, 3.63) is 107 Å². The molecule has 2 N–H and O–H groups in total. The Kier molecular flexibility index (Phi) is 5.97. The lowest BCUT2D eigenvalue weighted by Gasteiger charge is -2.28. The lowest BCUT2D eigenvalue weighted by atomic mass is 9.82. The van der Waals surface area contributed by atoms with Gasteiger partial charge >= 0.3 is 6.03 Å². The lowest BCUT2D eigenvalue weighted by Crippen LogP contribution is -2.46. The maximum Gasteiger partial charge on any atom is 0.326 e. The van der Waals surface area contributed by atoms with Crippen LogP contribution >= 0.6 is 11.6 Å². The van der Waals surface area contributed by atoms with Gasteiger partial charge in [-0.2, -0.15) is 0 Å². The summed E-state index contributed by atoms with van der Waals surface area (Å²) in [5.74, 6) is -0.929. The minimum atomic E-state index is -1.39. The molecule has 0 bridgehead atoms. The molecular formula is C25H22ClN3O3. The van der Waals surface area contributed by atoms with Crippen molar-refractivity contribution in [3.8, 4) is 0 Å². The molecule has 0 radical (unpaired) electrons. The molecule has 4 rings (SSSR count). The average Bonchev–Trinajstić information content (AvgIpc) is 3.06. The quantitative estimate of drug-likeness (QED) is 0.560. The van der Waals surface area contributed by atoms with Gasteiger partial charge in [-0.15, -0.1) is 0 Å². The smallest absolute Gasteiger partial charge is 0.326 e. The summed E-state index contributed by atoms with van der Waals surface area (Å²) >= 11 is 5.92. The molecule has 0 spiro atoms. The van der Waals surface area contributed by atoms with Crippen molar-refractivity contribution in [1.82, 2.24) is 15.5 Å². The molecule has 1 aliphatic heterocycles. The number of halogens is 1. The molecule has 3 aromatic carbocycles. The van der Waals surface area contributed by atoms with E-state index < -0.39 is 23.4 Å². The monoisotopic (exact) mass is 447 g/mol. The Bertz CT molecular complexity index is 1090. The third kappa shape index (κ3) is 3.97. The van der Waals surface area contributed by atoms with Gasteiger partial charge in [-0.3, -0.25) is 14.5 Å². The second-order valence-electron chi connectivity index (χ2n) is 7.64. The fraction of sp³-hybridized carbons (Fsp3) is 0.160. The molecule has 1 saturated heterocycles. The van der Waals surface area contributed by atoms with Crippen LogP contribution in [0.1, 0.15) is 29.7 Å². The zero-order chi connectivity index (χ0) is 22.7. The fourth-order valence-electron chi connectivity index (χ4n) is 3.92. The van der Waals surface area contributed by atoms with Gasteiger partial charge in [-0.25, -0.2) is 4.79 Å². The van der Waals surface area contributed by atoms with Gasteiger partial charge in [0.2, 0.25) is 5.91 Å². The number of carbonyl (C=O) groups excluding carboxylic acids is 3. The lowest BCUT2D eigenvalue weighted by molar-refractivity contribution is -0.134. The third-order valence-corrected chi connectivity index (χ3v) is 5.82. The second-order valence-corrected chi connectivity index (χ2v) is 8.08. The molecule has 1 unspecified atom stereocenters. The SMILES string of the molecule is CC(NC(=O)CN1C(=O)NC(c2ccccc2)(c2ccccc2)C1=O)c1ccc(Cl)cc1. The highest BCUT2D eigenvalue weighted by atomic mass is 35.5. The molecule has 0 aliphatic carbocycles. The largest absolute Gasteiger partial charge is 0.348 e. The minimum absolute atomic E-state index is 0.312. The van der Waals surface area contributed by atoms with Crippen molar-refractivity contribution in [2.75, 3.05) is 6.54 Å². The Hall–Kier alpha value is -3.64. The van der Waals surface area contributed by atoms with Crippen LogP contribution in [-0.4, -0.2) is 29.3 Å². The first-order valence-electron chi connectivity index (χ1n) is 10.2. The number of nitrogens with zero attached hydrogens (tertiary/aromatic N) is 1. The van der Waals surface area contributed by atoms with Crippen LogP contribution in [0.25, 0.3) is 0 Å². The summed E-state index contributed by atoms with van der Waals surface area (Å²) in [5.41, 5.74) is 0.730. The fourth-order valence-corrected chi connectivity index (χ4v) is 4.05. The van der Waals surface area contributed by atoms with E-state index in [1.807, 2.05) is 55.5 Å². The van der Waals surface area contributed by atoms with E-state index >= 15 is 0 Å². The van der Waals surface area contributed by atoms with Gasteiger partial charge in [0, 0.05) is 5.02 Å². The molecule has 0 saturated carbocycles. The molecular weight excluding hydrogens is 426 g/mol. The van der Waals surface area contributed by atoms with E-state index in [0.717, 1.165) is 10.5 Å². The Morgan fingerprint density at radius 3 is 2.00 bits per heavy atom. The zero-order valence-corrected chi connectivity index (χ0v) is 18.2. The van der Waals surface area contributed by atoms with E-state index in [0.29, 0.717) is 16.1 Å². The summed E-state index contributed by atoms with van der Waals surface area (Å²) in [4.78, 5) is 40.2. The predicted octanol–water partition coefficient (Wildman–Crippen LogP) is 4.01. The molecule has 32 heavy (non-hydrogen) atoms. The number of hydrogen-bond donors (Lipinski definition) is 2. The van der Waals surface area contributed by atoms with Gasteiger partial charge < -0.3 is 10.6 Å². The predicted molar refractivity (Wildman–Crippen MR) is 122 cm³/mol. The maximum atomic E-state index is 13.6. The number of hydrogen-bond acceptors (Lipinski definition) is 3. The maximum absolute atomic E-state index is 13.6. The number of imide groups is 1. The van der Waals surface area contributed by atoms with Crippen LogP contribution < -0.4 is 10.6 Å². The highest BCUT2D eigenvalue weighted by Gasteiger charge is 2.54. The van der Waals surface area contributed by atoms with Crippen molar-refractivity contribution in [3.63, 3.8) is 0 Å². The van der Waals surface area contributed by atoms with Crippen LogP contribution in [-0.2, 0) is 15.1 Å². The molecule has 1 atom stereocenters. The summed E-state index contributed by atoms with van der Waals surface area (Å²) in [6.07, 6.45) is 0. The Morgan fingerprint density at radius 1 is 0.938 bits per heavy atom. The normalized spacial score (nSPS) is 15.9. The number of rotatable bonds is 6. The molecule has 1 heterocycles. The molecule has 3 aromatic rings. The first-order valence-corrected chi connectivity index (χ1v) is 10.6. The molecule has 1 aliphatic rings. The second kappa shape index (κ2) is 8.85. The van der Waals surface area contributed by atoms with Gasteiger partial charge in [0.05, 0.1) is 6.04 Å². The number of carbonyl (C=O) groups is 3. The first kappa shape index (κ1) is 21.6. The van der Waals surface area contributed by atoms with Crippen LogP contribution in [0, 0.1) is 0 Å². The van der Waals surface area contributed by atoms with Crippen molar-refractivity contribution >= 4 is 29.4 Å². The highest BCUT2D eigenvalue weighted by molar-refractivity contribution is 6.30. The Morgan fingerprint density at radius 2 is 1.47 bits per heavy atom. The van der Waals surface area contributed by atoms with Gasteiger partial charge in [-0.1, -0.05) is 84.4 Å². The summed E-state index contributed by atoms with van der Waals surface area (Å²) in [7, 11) is 0. The Labute approximate surface area is 191 Å². The highest BCUT2D eigenvalue weighted by Crippen LogP contribution is 2.35. The van der Waals surface area contributed by atoms with Crippen molar-refractivity contribution < 1.29 is 14.4 Å². The van der Waals surface area contributed by atoms with Crippen LogP contribution in [0.4, 0.5) is 4.79 Å². The Balaban J connectivity index is 1.58. The average molecular weight is 448 g/mol. The topological polar surface area (TPSA) is 78.5 Å². The van der Waals surface area contributed by atoms with Crippen LogP contribution in [0.3, 0.4) is 0 Å².